The second kappa shape index (κ2) is 12.0. The average molecular weight is 358 g/mol. The van der Waals surface area contributed by atoms with E-state index in [0.29, 0.717) is 25.2 Å². The highest BCUT2D eigenvalue weighted by Crippen LogP contribution is 2.06. The highest BCUT2D eigenvalue weighted by molar-refractivity contribution is 5.79. The van der Waals surface area contributed by atoms with Crippen molar-refractivity contribution in [2.24, 2.45) is 4.99 Å². The fourth-order valence-electron chi connectivity index (χ4n) is 2.39. The van der Waals surface area contributed by atoms with Gasteiger partial charge in [-0.25, -0.2) is 4.79 Å². The molecule has 0 spiro atoms. The molecule has 0 aromatic rings. The maximum Gasteiger partial charge on any atom is 0.407 e. The number of aliphatic imine (C=N–C) groups is 1. The largest absolute Gasteiger partial charge is 0.444 e. The lowest BCUT2D eigenvalue weighted by Crippen LogP contribution is -2.43. The smallest absolute Gasteiger partial charge is 0.407 e. The fourth-order valence-corrected chi connectivity index (χ4v) is 2.39. The van der Waals surface area contributed by atoms with E-state index in [2.05, 4.69) is 53.5 Å². The third-order valence-electron chi connectivity index (χ3n) is 3.38. The van der Waals surface area contributed by atoms with E-state index in [4.69, 9.17) is 4.74 Å². The van der Waals surface area contributed by atoms with E-state index in [1.807, 2.05) is 27.7 Å². The summed E-state index contributed by atoms with van der Waals surface area (Å²) in [5.41, 5.74) is -0.480. The molecule has 0 fully saturated rings. The number of alkyl carbamates (subject to hydrolysis) is 1. The van der Waals surface area contributed by atoms with Crippen molar-refractivity contribution in [1.82, 2.24) is 20.9 Å². The van der Waals surface area contributed by atoms with Crippen LogP contribution >= 0.6 is 0 Å². The van der Waals surface area contributed by atoms with Crippen molar-refractivity contribution in [3.8, 4) is 0 Å². The van der Waals surface area contributed by atoms with Gasteiger partial charge >= 0.3 is 6.09 Å². The maximum absolute atomic E-state index is 11.6. The number of hydrogen-bond donors (Lipinski definition) is 3. The summed E-state index contributed by atoms with van der Waals surface area (Å²) in [4.78, 5) is 18.6. The third-order valence-corrected chi connectivity index (χ3v) is 3.38. The van der Waals surface area contributed by atoms with Crippen molar-refractivity contribution < 1.29 is 9.53 Å². The Morgan fingerprint density at radius 1 is 1.04 bits per heavy atom. The molecule has 1 amide bonds. The van der Waals surface area contributed by atoms with Gasteiger partial charge in [0, 0.05) is 38.3 Å². The molecule has 0 unspecified atom stereocenters. The van der Waals surface area contributed by atoms with Crippen LogP contribution in [-0.4, -0.2) is 67.4 Å². The lowest BCUT2D eigenvalue weighted by atomic mass is 10.2. The normalized spacial score (nSPS) is 12.7. The second-order valence-corrected chi connectivity index (χ2v) is 7.54. The number of carbonyl (C=O) groups is 1. The van der Waals surface area contributed by atoms with Crippen molar-refractivity contribution in [3.05, 3.63) is 0 Å². The topological polar surface area (TPSA) is 78.0 Å². The molecule has 7 nitrogen and oxygen atoms in total. The van der Waals surface area contributed by atoms with Crippen molar-refractivity contribution >= 4 is 12.1 Å². The lowest BCUT2D eigenvalue weighted by Gasteiger charge is -2.29. The summed E-state index contributed by atoms with van der Waals surface area (Å²) in [7, 11) is 0. The summed E-state index contributed by atoms with van der Waals surface area (Å²) in [6.45, 7) is 19.9. The van der Waals surface area contributed by atoms with Gasteiger partial charge in [-0.05, 0) is 55.4 Å². The van der Waals surface area contributed by atoms with E-state index in [0.717, 1.165) is 25.6 Å². The fraction of sp³-hybridized carbons (Fsp3) is 0.889. The zero-order valence-corrected chi connectivity index (χ0v) is 17.4. The summed E-state index contributed by atoms with van der Waals surface area (Å²) < 4.78 is 5.20. The molecule has 0 aliphatic rings. The Morgan fingerprint density at radius 3 is 2.08 bits per heavy atom. The van der Waals surface area contributed by atoms with Gasteiger partial charge in [0.15, 0.2) is 5.96 Å². The standard InChI is InChI=1S/C18H39N5O2/c1-9-19-16(21-12-13-23(14(2)3)15(4)5)20-10-11-22-17(24)25-18(6,7)8/h14-15H,9-13H2,1-8H3,(H,22,24)(H2,19,20,21). The molecule has 0 aromatic carbocycles. The molecule has 0 aliphatic heterocycles. The van der Waals surface area contributed by atoms with Crippen LogP contribution in [0.1, 0.15) is 55.4 Å². The van der Waals surface area contributed by atoms with Gasteiger partial charge in [-0.15, -0.1) is 0 Å². The molecule has 0 bridgehead atoms. The van der Waals surface area contributed by atoms with Gasteiger partial charge in [0.05, 0.1) is 6.54 Å². The Bertz CT molecular complexity index is 395. The SMILES string of the molecule is CCNC(=NCCN(C(C)C)C(C)C)NCCNC(=O)OC(C)(C)C. The van der Waals surface area contributed by atoms with Crippen molar-refractivity contribution in [2.75, 3.05) is 32.7 Å². The van der Waals surface area contributed by atoms with E-state index in [1.165, 1.54) is 0 Å². The minimum Gasteiger partial charge on any atom is -0.444 e. The first-order chi connectivity index (χ1) is 11.6. The molecule has 0 heterocycles. The van der Waals surface area contributed by atoms with Gasteiger partial charge in [0.1, 0.15) is 5.60 Å². The highest BCUT2D eigenvalue weighted by atomic mass is 16.6. The molecule has 148 valence electrons. The van der Waals surface area contributed by atoms with Crippen LogP contribution in [0.3, 0.4) is 0 Å². The number of amides is 1. The molecule has 7 heteroatoms. The van der Waals surface area contributed by atoms with Gasteiger partial charge in [0.25, 0.3) is 0 Å². The van der Waals surface area contributed by atoms with Crippen LogP contribution in [0.5, 0.6) is 0 Å². The predicted octanol–water partition coefficient (Wildman–Crippen LogP) is 2.18. The van der Waals surface area contributed by atoms with Crippen molar-refractivity contribution in [2.45, 2.75) is 73.1 Å². The Hall–Kier alpha value is -1.50. The molecule has 0 radical (unpaired) electrons. The van der Waals surface area contributed by atoms with E-state index in [-0.39, 0.29) is 0 Å². The minimum absolute atomic E-state index is 0.402. The number of hydrogen-bond acceptors (Lipinski definition) is 4. The maximum atomic E-state index is 11.6. The minimum atomic E-state index is -0.480. The molecule has 0 atom stereocenters. The molecular formula is C18H39N5O2. The second-order valence-electron chi connectivity index (χ2n) is 7.54. The zero-order chi connectivity index (χ0) is 19.5. The predicted molar refractivity (Wildman–Crippen MR) is 105 cm³/mol. The van der Waals surface area contributed by atoms with Gasteiger partial charge in [-0.2, -0.15) is 0 Å². The molecule has 0 saturated carbocycles. The molecule has 0 saturated heterocycles. The van der Waals surface area contributed by atoms with Crippen LogP contribution in [0.25, 0.3) is 0 Å². The van der Waals surface area contributed by atoms with Crippen LogP contribution < -0.4 is 16.0 Å². The number of carbonyl (C=O) groups excluding carboxylic acids is 1. The highest BCUT2D eigenvalue weighted by Gasteiger charge is 2.15. The first-order valence-electron chi connectivity index (χ1n) is 9.31. The third kappa shape index (κ3) is 12.5. The Balaban J connectivity index is 4.26. The molecule has 3 N–H and O–H groups in total. The summed E-state index contributed by atoms with van der Waals surface area (Å²) in [5, 5.41) is 9.16. The van der Waals surface area contributed by atoms with Gasteiger partial charge in [-0.1, -0.05) is 0 Å². The number of nitrogens with one attached hydrogen (secondary N) is 3. The van der Waals surface area contributed by atoms with Gasteiger partial charge in [-0.3, -0.25) is 9.89 Å². The van der Waals surface area contributed by atoms with Crippen molar-refractivity contribution in [3.63, 3.8) is 0 Å². The van der Waals surface area contributed by atoms with Crippen LogP contribution in [0.15, 0.2) is 4.99 Å². The Labute approximate surface area is 154 Å². The van der Waals surface area contributed by atoms with Crippen LogP contribution in [0, 0.1) is 0 Å². The zero-order valence-electron chi connectivity index (χ0n) is 17.4. The molecule has 25 heavy (non-hydrogen) atoms. The molecule has 0 aliphatic carbocycles. The van der Waals surface area contributed by atoms with Crippen molar-refractivity contribution in [1.29, 1.82) is 0 Å². The monoisotopic (exact) mass is 357 g/mol. The van der Waals surface area contributed by atoms with E-state index >= 15 is 0 Å². The van der Waals surface area contributed by atoms with Crippen LogP contribution in [0.2, 0.25) is 0 Å². The first-order valence-corrected chi connectivity index (χ1v) is 9.31. The first kappa shape index (κ1) is 23.5. The summed E-state index contributed by atoms with van der Waals surface area (Å²) in [6, 6.07) is 1.01. The molecular weight excluding hydrogens is 318 g/mol. The number of ether oxygens (including phenoxy) is 1. The lowest BCUT2D eigenvalue weighted by molar-refractivity contribution is 0.0529. The van der Waals surface area contributed by atoms with Crippen LogP contribution in [-0.2, 0) is 4.74 Å². The summed E-state index contributed by atoms with van der Waals surface area (Å²) >= 11 is 0. The summed E-state index contributed by atoms with van der Waals surface area (Å²) in [5.74, 6) is 0.765. The quantitative estimate of drug-likeness (QED) is 0.335. The summed E-state index contributed by atoms with van der Waals surface area (Å²) in [6.07, 6.45) is -0.402. The van der Waals surface area contributed by atoms with E-state index in [1.54, 1.807) is 0 Å². The van der Waals surface area contributed by atoms with E-state index < -0.39 is 11.7 Å². The average Bonchev–Trinajstić information content (AvgIpc) is 2.45. The number of guanidine groups is 1. The number of nitrogens with zero attached hydrogens (tertiary/aromatic N) is 2. The molecule has 0 rings (SSSR count). The van der Waals surface area contributed by atoms with Gasteiger partial charge < -0.3 is 20.7 Å². The van der Waals surface area contributed by atoms with Gasteiger partial charge in [0.2, 0.25) is 0 Å². The Kier molecular flexibility index (Phi) is 11.2. The Morgan fingerprint density at radius 2 is 1.60 bits per heavy atom. The number of rotatable bonds is 9. The van der Waals surface area contributed by atoms with E-state index in [9.17, 15) is 4.79 Å². The van der Waals surface area contributed by atoms with Crippen LogP contribution in [0.4, 0.5) is 4.79 Å². The molecule has 0 aromatic heterocycles.